The Labute approximate surface area is 114 Å². The molecule has 1 aromatic carbocycles. The van der Waals surface area contributed by atoms with Crippen LogP contribution in [0.1, 0.15) is 38.8 Å². The molecule has 0 saturated heterocycles. The zero-order valence-corrected chi connectivity index (χ0v) is 12.1. The average Bonchev–Trinajstić information content (AvgIpc) is 2.27. The van der Waals surface area contributed by atoms with E-state index in [9.17, 15) is 4.79 Å². The van der Waals surface area contributed by atoms with Crippen LogP contribution in [0.2, 0.25) is 0 Å². The van der Waals surface area contributed by atoms with E-state index >= 15 is 0 Å². The lowest BCUT2D eigenvalue weighted by molar-refractivity contribution is -0.125. The summed E-state index contributed by atoms with van der Waals surface area (Å²) in [5.41, 5.74) is 6.96. The molecule has 0 saturated carbocycles. The molecule has 0 aliphatic rings. The van der Waals surface area contributed by atoms with Crippen molar-refractivity contribution in [3.8, 4) is 0 Å². The molecule has 1 atom stereocenters. The molecular formula is C15H23N3O. The minimum atomic E-state index is -0.216. The van der Waals surface area contributed by atoms with Gasteiger partial charge >= 0.3 is 0 Å². The van der Waals surface area contributed by atoms with Gasteiger partial charge in [0, 0.05) is 17.0 Å². The van der Waals surface area contributed by atoms with E-state index in [0.29, 0.717) is 12.0 Å². The SMILES string of the molecule is CC(Cc1cccc(C(=N)N)c1)C(=O)NC(C)(C)C. The number of carbonyl (C=O) groups is 1. The Kier molecular flexibility index (Phi) is 4.70. The summed E-state index contributed by atoms with van der Waals surface area (Å²) in [5.74, 6) is -0.0178. The monoisotopic (exact) mass is 261 g/mol. The van der Waals surface area contributed by atoms with Crippen LogP contribution in [0.25, 0.3) is 0 Å². The maximum Gasteiger partial charge on any atom is 0.223 e. The highest BCUT2D eigenvalue weighted by Gasteiger charge is 2.19. The van der Waals surface area contributed by atoms with Gasteiger partial charge in [-0.1, -0.05) is 25.1 Å². The van der Waals surface area contributed by atoms with Gasteiger partial charge in [-0.15, -0.1) is 0 Å². The Balaban J connectivity index is 2.71. The number of benzene rings is 1. The van der Waals surface area contributed by atoms with Crippen molar-refractivity contribution in [1.29, 1.82) is 5.41 Å². The van der Waals surface area contributed by atoms with Crippen molar-refractivity contribution in [3.05, 3.63) is 35.4 Å². The third-order valence-corrected chi connectivity index (χ3v) is 2.73. The van der Waals surface area contributed by atoms with Gasteiger partial charge in [0.15, 0.2) is 0 Å². The fourth-order valence-corrected chi connectivity index (χ4v) is 1.80. The molecule has 0 spiro atoms. The molecule has 0 radical (unpaired) electrons. The largest absolute Gasteiger partial charge is 0.384 e. The number of nitrogen functional groups attached to an aromatic ring is 1. The molecular weight excluding hydrogens is 238 g/mol. The molecule has 4 nitrogen and oxygen atoms in total. The summed E-state index contributed by atoms with van der Waals surface area (Å²) in [5, 5.41) is 10.4. The van der Waals surface area contributed by atoms with Gasteiger partial charge in [0.05, 0.1) is 0 Å². The summed E-state index contributed by atoms with van der Waals surface area (Å²) in [6.45, 7) is 7.80. The molecule has 1 unspecified atom stereocenters. The number of amidine groups is 1. The van der Waals surface area contributed by atoms with Crippen LogP contribution in [0, 0.1) is 11.3 Å². The van der Waals surface area contributed by atoms with E-state index in [-0.39, 0.29) is 23.2 Å². The maximum atomic E-state index is 12.0. The Morgan fingerprint density at radius 1 is 1.42 bits per heavy atom. The fraction of sp³-hybridized carbons (Fsp3) is 0.467. The van der Waals surface area contributed by atoms with Crippen molar-refractivity contribution in [2.45, 2.75) is 39.7 Å². The smallest absolute Gasteiger partial charge is 0.223 e. The molecule has 104 valence electrons. The van der Waals surface area contributed by atoms with E-state index in [1.165, 1.54) is 0 Å². The van der Waals surface area contributed by atoms with E-state index in [2.05, 4.69) is 5.32 Å². The van der Waals surface area contributed by atoms with Crippen molar-refractivity contribution in [3.63, 3.8) is 0 Å². The predicted molar refractivity (Wildman–Crippen MR) is 78.2 cm³/mol. The quantitative estimate of drug-likeness (QED) is 0.573. The van der Waals surface area contributed by atoms with Crippen molar-refractivity contribution in [1.82, 2.24) is 5.32 Å². The summed E-state index contributed by atoms with van der Waals surface area (Å²) in [6, 6.07) is 7.47. The summed E-state index contributed by atoms with van der Waals surface area (Å²) in [4.78, 5) is 12.0. The van der Waals surface area contributed by atoms with Gasteiger partial charge in [0.2, 0.25) is 5.91 Å². The Hall–Kier alpha value is -1.84. The lowest BCUT2D eigenvalue weighted by Gasteiger charge is -2.23. The lowest BCUT2D eigenvalue weighted by Crippen LogP contribution is -2.43. The first-order chi connectivity index (χ1) is 8.69. The predicted octanol–water partition coefficient (Wildman–Crippen LogP) is 2.06. The van der Waals surface area contributed by atoms with Crippen LogP contribution in [0.15, 0.2) is 24.3 Å². The van der Waals surface area contributed by atoms with Crippen LogP contribution in [0.3, 0.4) is 0 Å². The number of hydrogen-bond acceptors (Lipinski definition) is 2. The number of amides is 1. The van der Waals surface area contributed by atoms with E-state index in [0.717, 1.165) is 5.56 Å². The molecule has 0 aromatic heterocycles. The van der Waals surface area contributed by atoms with Crippen LogP contribution in [-0.4, -0.2) is 17.3 Å². The van der Waals surface area contributed by atoms with Crippen LogP contribution in [-0.2, 0) is 11.2 Å². The second-order valence-electron chi connectivity index (χ2n) is 5.96. The van der Waals surface area contributed by atoms with E-state index in [1.54, 1.807) is 6.07 Å². The molecule has 4 heteroatoms. The minimum absolute atomic E-state index is 0.0423. The summed E-state index contributed by atoms with van der Waals surface area (Å²) >= 11 is 0. The number of nitrogens with two attached hydrogens (primary N) is 1. The molecule has 0 aliphatic carbocycles. The van der Waals surface area contributed by atoms with E-state index < -0.39 is 0 Å². The van der Waals surface area contributed by atoms with Gasteiger partial charge in [-0.05, 0) is 38.8 Å². The second-order valence-corrected chi connectivity index (χ2v) is 5.96. The van der Waals surface area contributed by atoms with Crippen LogP contribution in [0.5, 0.6) is 0 Å². The van der Waals surface area contributed by atoms with Crippen molar-refractivity contribution in [2.24, 2.45) is 11.7 Å². The minimum Gasteiger partial charge on any atom is -0.384 e. The molecule has 1 aromatic rings. The van der Waals surface area contributed by atoms with E-state index in [1.807, 2.05) is 45.9 Å². The van der Waals surface area contributed by atoms with Gasteiger partial charge in [0.25, 0.3) is 0 Å². The molecule has 0 aliphatic heterocycles. The van der Waals surface area contributed by atoms with Gasteiger partial charge < -0.3 is 11.1 Å². The molecule has 0 heterocycles. The number of nitrogens with one attached hydrogen (secondary N) is 2. The average molecular weight is 261 g/mol. The molecule has 1 amide bonds. The number of hydrogen-bond donors (Lipinski definition) is 3. The lowest BCUT2D eigenvalue weighted by atomic mass is 9.97. The molecule has 0 fully saturated rings. The Morgan fingerprint density at radius 2 is 2.05 bits per heavy atom. The second kappa shape index (κ2) is 5.87. The molecule has 1 rings (SSSR count). The first-order valence-corrected chi connectivity index (χ1v) is 6.44. The van der Waals surface area contributed by atoms with Crippen molar-refractivity contribution < 1.29 is 4.79 Å². The third kappa shape index (κ3) is 5.12. The number of rotatable bonds is 4. The van der Waals surface area contributed by atoms with Gasteiger partial charge in [-0.25, -0.2) is 0 Å². The first-order valence-electron chi connectivity index (χ1n) is 6.44. The normalized spacial score (nSPS) is 12.8. The van der Waals surface area contributed by atoms with Gasteiger partial charge in [-0.2, -0.15) is 0 Å². The topological polar surface area (TPSA) is 79.0 Å². The zero-order chi connectivity index (χ0) is 14.6. The summed E-state index contributed by atoms with van der Waals surface area (Å²) in [7, 11) is 0. The molecule has 0 bridgehead atoms. The van der Waals surface area contributed by atoms with Crippen LogP contribution in [0.4, 0.5) is 0 Å². The summed E-state index contributed by atoms with van der Waals surface area (Å²) in [6.07, 6.45) is 0.642. The highest BCUT2D eigenvalue weighted by atomic mass is 16.2. The standard InChI is InChI=1S/C15H23N3O/c1-10(14(19)18-15(2,3)4)8-11-6-5-7-12(9-11)13(16)17/h5-7,9-10H,8H2,1-4H3,(H3,16,17)(H,18,19). The highest BCUT2D eigenvalue weighted by Crippen LogP contribution is 2.12. The Bertz CT molecular complexity index is 475. The van der Waals surface area contributed by atoms with Crippen molar-refractivity contribution >= 4 is 11.7 Å². The molecule has 4 N–H and O–H groups in total. The van der Waals surface area contributed by atoms with Crippen LogP contribution < -0.4 is 11.1 Å². The van der Waals surface area contributed by atoms with Crippen molar-refractivity contribution in [2.75, 3.05) is 0 Å². The fourth-order valence-electron chi connectivity index (χ4n) is 1.80. The first kappa shape index (κ1) is 15.2. The molecule has 19 heavy (non-hydrogen) atoms. The summed E-state index contributed by atoms with van der Waals surface area (Å²) < 4.78 is 0. The van der Waals surface area contributed by atoms with Crippen LogP contribution >= 0.6 is 0 Å². The number of carbonyl (C=O) groups excluding carboxylic acids is 1. The zero-order valence-electron chi connectivity index (χ0n) is 12.1. The van der Waals surface area contributed by atoms with Gasteiger partial charge in [0.1, 0.15) is 5.84 Å². The highest BCUT2D eigenvalue weighted by molar-refractivity contribution is 5.95. The van der Waals surface area contributed by atoms with Gasteiger partial charge in [-0.3, -0.25) is 10.2 Å². The Morgan fingerprint density at radius 3 is 2.58 bits per heavy atom. The van der Waals surface area contributed by atoms with E-state index in [4.69, 9.17) is 11.1 Å². The third-order valence-electron chi connectivity index (χ3n) is 2.73. The maximum absolute atomic E-state index is 12.0.